The highest BCUT2D eigenvalue weighted by molar-refractivity contribution is 5.08. The molecule has 0 rings (SSSR count). The Balaban J connectivity index is 4.88. The average Bonchev–Trinajstić information content (AvgIpc) is 1.85. The van der Waals surface area contributed by atoms with Crippen molar-refractivity contribution in [2.45, 2.75) is 34.6 Å². The summed E-state index contributed by atoms with van der Waals surface area (Å²) in [5.41, 5.74) is -0.693. The Morgan fingerprint density at radius 2 is 1.42 bits per heavy atom. The van der Waals surface area contributed by atoms with Gasteiger partial charge >= 0.3 is 0 Å². The summed E-state index contributed by atoms with van der Waals surface area (Å²) < 4.78 is 0. The fraction of sp³-hybridized carbons (Fsp3) is 0.800. The van der Waals surface area contributed by atoms with Crippen LogP contribution in [0.5, 0.6) is 0 Å². The van der Waals surface area contributed by atoms with Crippen molar-refractivity contribution in [1.29, 1.82) is 10.5 Å². The van der Waals surface area contributed by atoms with Crippen LogP contribution >= 0.6 is 0 Å². The molecule has 1 atom stereocenters. The van der Waals surface area contributed by atoms with Crippen molar-refractivity contribution in [3.8, 4) is 12.1 Å². The molecule has 0 aliphatic carbocycles. The topological polar surface area (TPSA) is 47.6 Å². The molecular formula is C10H16N2. The lowest BCUT2D eigenvalue weighted by atomic mass is 9.67. The van der Waals surface area contributed by atoms with E-state index in [0.717, 1.165) is 0 Å². The third-order valence-corrected chi connectivity index (χ3v) is 2.00. The van der Waals surface area contributed by atoms with E-state index in [0.29, 0.717) is 0 Å². The Bertz CT molecular complexity index is 232. The highest BCUT2D eigenvalue weighted by atomic mass is 14.4. The van der Waals surface area contributed by atoms with Crippen LogP contribution in [-0.4, -0.2) is 0 Å². The Morgan fingerprint density at radius 1 is 1.00 bits per heavy atom. The largest absolute Gasteiger partial charge is 0.198 e. The lowest BCUT2D eigenvalue weighted by Gasteiger charge is -2.33. The Hall–Kier alpha value is -1.02. The fourth-order valence-corrected chi connectivity index (χ4v) is 1.50. The molecular weight excluding hydrogens is 148 g/mol. The lowest BCUT2D eigenvalue weighted by Crippen LogP contribution is -2.32. The van der Waals surface area contributed by atoms with Crippen molar-refractivity contribution < 1.29 is 0 Å². The van der Waals surface area contributed by atoms with Crippen LogP contribution in [0.25, 0.3) is 0 Å². The van der Waals surface area contributed by atoms with Gasteiger partial charge in [-0.15, -0.1) is 0 Å². The molecule has 12 heavy (non-hydrogen) atoms. The van der Waals surface area contributed by atoms with E-state index in [1.165, 1.54) is 0 Å². The van der Waals surface area contributed by atoms with Gasteiger partial charge < -0.3 is 0 Å². The summed E-state index contributed by atoms with van der Waals surface area (Å²) >= 11 is 0. The van der Waals surface area contributed by atoms with Crippen molar-refractivity contribution in [3.05, 3.63) is 0 Å². The number of hydrogen-bond donors (Lipinski definition) is 0. The first-order chi connectivity index (χ1) is 5.25. The molecule has 0 bridgehead atoms. The standard InChI is InChI=1S/C10H16N2/c1-9(2,3)8(6-11)10(4,5)7-12/h8H,1-5H3. The average molecular weight is 164 g/mol. The first-order valence-corrected chi connectivity index (χ1v) is 4.06. The monoisotopic (exact) mass is 164 g/mol. The molecule has 2 nitrogen and oxygen atoms in total. The van der Waals surface area contributed by atoms with Gasteiger partial charge in [0.1, 0.15) is 0 Å². The van der Waals surface area contributed by atoms with E-state index in [1.807, 2.05) is 34.6 Å². The summed E-state index contributed by atoms with van der Waals surface area (Å²) in [4.78, 5) is 0. The molecule has 0 aliphatic rings. The third-order valence-electron chi connectivity index (χ3n) is 2.00. The fourth-order valence-electron chi connectivity index (χ4n) is 1.50. The first kappa shape index (κ1) is 11.0. The molecule has 0 N–H and O–H groups in total. The quantitative estimate of drug-likeness (QED) is 0.598. The first-order valence-electron chi connectivity index (χ1n) is 4.06. The normalized spacial score (nSPS) is 14.6. The van der Waals surface area contributed by atoms with Crippen molar-refractivity contribution in [2.75, 3.05) is 0 Å². The molecule has 1 unspecified atom stereocenters. The molecule has 66 valence electrons. The molecule has 0 radical (unpaired) electrons. The summed E-state index contributed by atoms with van der Waals surface area (Å²) in [6.45, 7) is 9.58. The Labute approximate surface area is 74.8 Å². The SMILES string of the molecule is CC(C)(C)C(C#N)C(C)(C)C#N. The van der Waals surface area contributed by atoms with Gasteiger partial charge in [0.05, 0.1) is 23.5 Å². The number of nitrogens with zero attached hydrogens (tertiary/aromatic N) is 2. The zero-order chi connectivity index (χ0) is 9.99. The minimum atomic E-state index is -0.562. The van der Waals surface area contributed by atoms with Crippen molar-refractivity contribution >= 4 is 0 Å². The minimum Gasteiger partial charge on any atom is -0.198 e. The maximum atomic E-state index is 8.93. The van der Waals surface area contributed by atoms with Gasteiger partial charge in [-0.3, -0.25) is 0 Å². The van der Waals surface area contributed by atoms with Crippen LogP contribution in [0.3, 0.4) is 0 Å². The Morgan fingerprint density at radius 3 is 1.50 bits per heavy atom. The van der Waals surface area contributed by atoms with Gasteiger partial charge in [0, 0.05) is 0 Å². The molecule has 0 spiro atoms. The number of rotatable bonds is 1. The van der Waals surface area contributed by atoms with Gasteiger partial charge in [0.25, 0.3) is 0 Å². The Kier molecular flexibility index (Phi) is 2.88. The summed E-state index contributed by atoms with van der Waals surface area (Å²) in [6.07, 6.45) is 0. The third kappa shape index (κ3) is 2.24. The van der Waals surface area contributed by atoms with Crippen molar-refractivity contribution in [1.82, 2.24) is 0 Å². The molecule has 0 aliphatic heterocycles. The molecule has 0 amide bonds. The summed E-state index contributed by atoms with van der Waals surface area (Å²) in [5.74, 6) is -0.227. The van der Waals surface area contributed by atoms with Gasteiger partial charge in [0.15, 0.2) is 0 Å². The smallest absolute Gasteiger partial charge is 0.0697 e. The van der Waals surface area contributed by atoms with E-state index in [2.05, 4.69) is 12.1 Å². The summed E-state index contributed by atoms with van der Waals surface area (Å²) in [7, 11) is 0. The van der Waals surface area contributed by atoms with Crippen LogP contribution in [0.4, 0.5) is 0 Å². The molecule has 0 saturated carbocycles. The molecule has 0 heterocycles. The van der Waals surface area contributed by atoms with Gasteiger partial charge in [0.2, 0.25) is 0 Å². The van der Waals surface area contributed by atoms with Gasteiger partial charge in [-0.2, -0.15) is 10.5 Å². The van der Waals surface area contributed by atoms with Crippen LogP contribution < -0.4 is 0 Å². The van der Waals surface area contributed by atoms with E-state index in [9.17, 15) is 0 Å². The lowest BCUT2D eigenvalue weighted by molar-refractivity contribution is 0.187. The summed E-state index contributed by atoms with van der Waals surface area (Å²) in [6, 6.07) is 4.39. The zero-order valence-corrected chi connectivity index (χ0v) is 8.47. The maximum Gasteiger partial charge on any atom is 0.0697 e. The van der Waals surface area contributed by atoms with Gasteiger partial charge in [-0.1, -0.05) is 20.8 Å². The van der Waals surface area contributed by atoms with Crippen molar-refractivity contribution in [2.24, 2.45) is 16.7 Å². The second-order valence-electron chi connectivity index (χ2n) is 4.76. The van der Waals surface area contributed by atoms with Gasteiger partial charge in [-0.05, 0) is 19.3 Å². The van der Waals surface area contributed by atoms with E-state index in [-0.39, 0.29) is 11.3 Å². The highest BCUT2D eigenvalue weighted by Crippen LogP contribution is 2.38. The van der Waals surface area contributed by atoms with Crippen LogP contribution in [0, 0.1) is 39.4 Å². The van der Waals surface area contributed by atoms with Crippen LogP contribution in [0.15, 0.2) is 0 Å². The number of hydrogen-bond acceptors (Lipinski definition) is 2. The predicted octanol–water partition coefficient (Wildman–Crippen LogP) is 2.72. The van der Waals surface area contributed by atoms with E-state index in [1.54, 1.807) is 0 Å². The predicted molar refractivity (Wildman–Crippen MR) is 48.0 cm³/mol. The number of nitriles is 2. The summed E-state index contributed by atoms with van der Waals surface area (Å²) in [5, 5.41) is 17.8. The van der Waals surface area contributed by atoms with E-state index >= 15 is 0 Å². The van der Waals surface area contributed by atoms with E-state index < -0.39 is 5.41 Å². The van der Waals surface area contributed by atoms with Crippen LogP contribution in [-0.2, 0) is 0 Å². The van der Waals surface area contributed by atoms with Crippen LogP contribution in [0.1, 0.15) is 34.6 Å². The second-order valence-corrected chi connectivity index (χ2v) is 4.76. The van der Waals surface area contributed by atoms with Crippen molar-refractivity contribution in [3.63, 3.8) is 0 Å². The molecule has 0 saturated heterocycles. The molecule has 2 heteroatoms. The highest BCUT2D eigenvalue weighted by Gasteiger charge is 2.38. The molecule has 0 aromatic heterocycles. The van der Waals surface area contributed by atoms with Crippen LogP contribution in [0.2, 0.25) is 0 Å². The zero-order valence-electron chi connectivity index (χ0n) is 8.47. The molecule has 0 fully saturated rings. The van der Waals surface area contributed by atoms with Gasteiger partial charge in [-0.25, -0.2) is 0 Å². The van der Waals surface area contributed by atoms with E-state index in [4.69, 9.17) is 10.5 Å². The molecule has 0 aromatic rings. The minimum absolute atomic E-state index is 0.131. The molecule has 0 aromatic carbocycles. The maximum absolute atomic E-state index is 8.93. The second kappa shape index (κ2) is 3.15.